The van der Waals surface area contributed by atoms with Crippen molar-refractivity contribution >= 4 is 76.1 Å². The molecule has 0 unspecified atom stereocenters. The highest BCUT2D eigenvalue weighted by molar-refractivity contribution is 6.42. The number of esters is 1. The van der Waals surface area contributed by atoms with E-state index >= 15 is 0 Å². The van der Waals surface area contributed by atoms with Gasteiger partial charge in [0, 0.05) is 10.0 Å². The number of nitrogens with one attached hydrogen (secondary N) is 2. The van der Waals surface area contributed by atoms with Gasteiger partial charge < -0.3 is 14.8 Å². The van der Waals surface area contributed by atoms with Crippen LogP contribution in [0.25, 0.3) is 0 Å². The summed E-state index contributed by atoms with van der Waals surface area (Å²) < 4.78 is 11.0. The molecule has 0 saturated carbocycles. The molecule has 0 aromatic heterocycles. The summed E-state index contributed by atoms with van der Waals surface area (Å²) in [5.41, 5.74) is 2.91. The smallest absolute Gasteiger partial charge is 0.345 e. The number of rotatable bonds is 7. The number of benzene rings is 3. The van der Waals surface area contributed by atoms with Crippen LogP contribution in [0.4, 0.5) is 5.69 Å². The van der Waals surface area contributed by atoms with Gasteiger partial charge >= 0.3 is 17.8 Å². The number of amides is 2. The Hall–Kier alpha value is -3.30. The average Bonchev–Trinajstić information content (AvgIpc) is 2.83. The fourth-order valence-electron chi connectivity index (χ4n) is 2.76. The second-order valence-corrected chi connectivity index (χ2v) is 8.62. The normalized spacial score (nSPS) is 10.7. The van der Waals surface area contributed by atoms with E-state index in [9.17, 15) is 14.4 Å². The summed E-state index contributed by atoms with van der Waals surface area (Å²) in [4.78, 5) is 36.7. The molecule has 0 aliphatic rings. The second-order valence-electron chi connectivity index (χ2n) is 6.93. The molecule has 0 spiro atoms. The minimum Gasteiger partial charge on any atom is -0.490 e. The zero-order valence-corrected chi connectivity index (χ0v) is 21.5. The first-order valence-corrected chi connectivity index (χ1v) is 11.7. The SMILES string of the molecule is CCOc1cc(/C=N\NC(=O)C(=O)Nc2cc(Cl)ccc2Cl)ccc1OC(=O)c1ccc(Cl)cc1Cl. The Bertz CT molecular complexity index is 1350. The van der Waals surface area contributed by atoms with Gasteiger partial charge in [0.25, 0.3) is 0 Å². The number of carbonyl (C=O) groups excluding carboxylic acids is 3. The van der Waals surface area contributed by atoms with Crippen LogP contribution >= 0.6 is 46.4 Å². The molecule has 12 heteroatoms. The van der Waals surface area contributed by atoms with Gasteiger partial charge in [-0.15, -0.1) is 0 Å². The molecule has 0 saturated heterocycles. The quantitative estimate of drug-likeness (QED) is 0.119. The van der Waals surface area contributed by atoms with E-state index in [0.29, 0.717) is 15.6 Å². The van der Waals surface area contributed by atoms with Crippen LogP contribution in [-0.2, 0) is 9.59 Å². The van der Waals surface area contributed by atoms with Gasteiger partial charge in [0.05, 0.1) is 34.1 Å². The van der Waals surface area contributed by atoms with Gasteiger partial charge in [0.15, 0.2) is 11.5 Å². The van der Waals surface area contributed by atoms with Gasteiger partial charge in [-0.1, -0.05) is 46.4 Å². The van der Waals surface area contributed by atoms with Gasteiger partial charge in [0.1, 0.15) is 0 Å². The van der Waals surface area contributed by atoms with Crippen molar-refractivity contribution in [1.29, 1.82) is 0 Å². The largest absolute Gasteiger partial charge is 0.490 e. The monoisotopic (exact) mass is 567 g/mol. The maximum absolute atomic E-state index is 12.5. The molecule has 0 aliphatic carbocycles. The van der Waals surface area contributed by atoms with Crippen molar-refractivity contribution in [3.05, 3.63) is 85.8 Å². The Kier molecular flexibility index (Phi) is 9.55. The van der Waals surface area contributed by atoms with E-state index in [2.05, 4.69) is 15.8 Å². The Morgan fingerprint density at radius 1 is 0.861 bits per heavy atom. The maximum Gasteiger partial charge on any atom is 0.345 e. The molecular weight excluding hydrogens is 552 g/mol. The molecule has 8 nitrogen and oxygen atoms in total. The summed E-state index contributed by atoms with van der Waals surface area (Å²) in [6.07, 6.45) is 1.28. The molecule has 3 aromatic carbocycles. The van der Waals surface area contributed by atoms with Gasteiger partial charge in [0.2, 0.25) is 0 Å². The molecule has 36 heavy (non-hydrogen) atoms. The fourth-order valence-corrected chi connectivity index (χ4v) is 3.58. The summed E-state index contributed by atoms with van der Waals surface area (Å²) in [5, 5.41) is 7.19. The number of carbonyl (C=O) groups is 3. The summed E-state index contributed by atoms with van der Waals surface area (Å²) in [5.74, 6) is -2.32. The van der Waals surface area contributed by atoms with E-state index < -0.39 is 17.8 Å². The lowest BCUT2D eigenvalue weighted by Gasteiger charge is -2.12. The maximum atomic E-state index is 12.5. The van der Waals surface area contributed by atoms with Gasteiger partial charge in [-0.25, -0.2) is 10.2 Å². The Morgan fingerprint density at radius 3 is 2.31 bits per heavy atom. The van der Waals surface area contributed by atoms with E-state index in [0.717, 1.165) is 0 Å². The Morgan fingerprint density at radius 2 is 1.58 bits per heavy atom. The third kappa shape index (κ3) is 7.35. The van der Waals surface area contributed by atoms with Crippen molar-refractivity contribution in [2.45, 2.75) is 6.92 Å². The van der Waals surface area contributed by atoms with Crippen LogP contribution < -0.4 is 20.2 Å². The fraction of sp³-hybridized carbons (Fsp3) is 0.0833. The summed E-state index contributed by atoms with van der Waals surface area (Å²) >= 11 is 23.8. The Balaban J connectivity index is 1.66. The Labute approximate surface area is 226 Å². The number of anilines is 1. The summed E-state index contributed by atoms with van der Waals surface area (Å²) in [6.45, 7) is 2.04. The van der Waals surface area contributed by atoms with Crippen LogP contribution in [-0.4, -0.2) is 30.6 Å². The van der Waals surface area contributed by atoms with E-state index in [-0.39, 0.29) is 39.4 Å². The molecule has 0 heterocycles. The predicted molar refractivity (Wildman–Crippen MR) is 140 cm³/mol. The third-order valence-electron chi connectivity index (χ3n) is 4.38. The van der Waals surface area contributed by atoms with Crippen LogP contribution in [0.15, 0.2) is 59.7 Å². The van der Waals surface area contributed by atoms with Crippen LogP contribution in [0.2, 0.25) is 20.1 Å². The first-order valence-electron chi connectivity index (χ1n) is 10.2. The molecule has 0 aliphatic heterocycles. The highest BCUT2D eigenvalue weighted by Gasteiger charge is 2.17. The van der Waals surface area contributed by atoms with Crippen LogP contribution in [0, 0.1) is 0 Å². The number of halogens is 4. The van der Waals surface area contributed by atoms with Crippen molar-refractivity contribution in [3.8, 4) is 11.5 Å². The van der Waals surface area contributed by atoms with E-state index in [1.54, 1.807) is 19.1 Å². The molecule has 186 valence electrons. The topological polar surface area (TPSA) is 106 Å². The predicted octanol–water partition coefficient (Wildman–Crippen LogP) is 6.01. The van der Waals surface area contributed by atoms with E-state index in [1.165, 1.54) is 48.7 Å². The third-order valence-corrected chi connectivity index (χ3v) is 5.50. The zero-order chi connectivity index (χ0) is 26.2. The molecule has 2 N–H and O–H groups in total. The molecule has 2 amide bonds. The van der Waals surface area contributed by atoms with Crippen molar-refractivity contribution in [3.63, 3.8) is 0 Å². The molecule has 0 fully saturated rings. The lowest BCUT2D eigenvalue weighted by atomic mass is 10.2. The van der Waals surface area contributed by atoms with Gasteiger partial charge in [-0.3, -0.25) is 9.59 Å². The molecule has 3 rings (SSSR count). The summed E-state index contributed by atoms with van der Waals surface area (Å²) in [6, 6.07) is 13.4. The standard InChI is InChI=1S/C24H17Cl4N3O5/c1-2-35-21-9-13(3-8-20(21)36-24(34)16-6-4-14(25)10-18(16)28)12-29-31-23(33)22(32)30-19-11-15(26)5-7-17(19)27/h3-12H,2H2,1H3,(H,30,32)(H,31,33)/b29-12-. The van der Waals surface area contributed by atoms with Gasteiger partial charge in [-0.2, -0.15) is 5.10 Å². The highest BCUT2D eigenvalue weighted by Crippen LogP contribution is 2.30. The van der Waals surface area contributed by atoms with Crippen LogP contribution in [0.3, 0.4) is 0 Å². The van der Waals surface area contributed by atoms with Crippen LogP contribution in [0.5, 0.6) is 11.5 Å². The summed E-state index contributed by atoms with van der Waals surface area (Å²) in [7, 11) is 0. The van der Waals surface area contributed by atoms with Crippen molar-refractivity contribution < 1.29 is 23.9 Å². The number of hydrogen-bond donors (Lipinski definition) is 2. The van der Waals surface area contributed by atoms with E-state index in [1.807, 2.05) is 0 Å². The minimum atomic E-state index is -1.03. The lowest BCUT2D eigenvalue weighted by molar-refractivity contribution is -0.136. The highest BCUT2D eigenvalue weighted by atomic mass is 35.5. The first-order chi connectivity index (χ1) is 17.2. The molecule has 3 aromatic rings. The van der Waals surface area contributed by atoms with Crippen LogP contribution in [0.1, 0.15) is 22.8 Å². The second kappa shape index (κ2) is 12.6. The number of hydrogen-bond acceptors (Lipinski definition) is 6. The van der Waals surface area contributed by atoms with Gasteiger partial charge in [-0.05, 0) is 67.1 Å². The average molecular weight is 569 g/mol. The van der Waals surface area contributed by atoms with E-state index in [4.69, 9.17) is 55.9 Å². The minimum absolute atomic E-state index is 0.134. The number of nitrogens with zero attached hydrogens (tertiary/aromatic N) is 1. The molecule has 0 atom stereocenters. The molecule has 0 radical (unpaired) electrons. The lowest BCUT2D eigenvalue weighted by Crippen LogP contribution is -2.32. The number of hydrazone groups is 1. The zero-order valence-electron chi connectivity index (χ0n) is 18.5. The molecule has 0 bridgehead atoms. The number of ether oxygens (including phenoxy) is 2. The van der Waals surface area contributed by atoms with Crippen molar-refractivity contribution in [2.24, 2.45) is 5.10 Å². The van der Waals surface area contributed by atoms with Crippen molar-refractivity contribution in [1.82, 2.24) is 5.43 Å². The first kappa shape index (κ1) is 27.3. The molecular formula is C24H17Cl4N3O5. The van der Waals surface area contributed by atoms with Crippen molar-refractivity contribution in [2.75, 3.05) is 11.9 Å².